The Kier molecular flexibility index (Phi) is 8.79. The predicted octanol–water partition coefficient (Wildman–Crippen LogP) is 2.08. The van der Waals surface area contributed by atoms with Gasteiger partial charge in [-0.15, -0.1) is 0 Å². The van der Waals surface area contributed by atoms with Gasteiger partial charge in [-0.05, 0) is 36.0 Å². The molecule has 3 rings (SSSR count). The highest BCUT2D eigenvalue weighted by atomic mass is 16.7. The van der Waals surface area contributed by atoms with E-state index in [1.165, 1.54) is 0 Å². The Morgan fingerprint density at radius 3 is 2.15 bits per heavy atom. The maximum atomic E-state index is 12.7. The Morgan fingerprint density at radius 2 is 1.53 bits per heavy atom. The maximum absolute atomic E-state index is 12.7. The van der Waals surface area contributed by atoms with Crippen molar-refractivity contribution < 1.29 is 39.1 Å². The summed E-state index contributed by atoms with van der Waals surface area (Å²) < 4.78 is 15.8. The minimum absolute atomic E-state index is 0.0702. The summed E-state index contributed by atoms with van der Waals surface area (Å²) in [6.45, 7) is 5.82. The Morgan fingerprint density at radius 1 is 0.882 bits per heavy atom. The molecule has 1 heterocycles. The number of aliphatic hydroxyl groups is 3. The fourth-order valence-electron chi connectivity index (χ4n) is 3.72. The van der Waals surface area contributed by atoms with Crippen LogP contribution in [0, 0.1) is 5.92 Å². The zero-order chi connectivity index (χ0) is 24.8. The normalized spacial score (nSPS) is 25.6. The van der Waals surface area contributed by atoms with Crippen LogP contribution in [0.1, 0.15) is 43.4 Å². The van der Waals surface area contributed by atoms with E-state index in [9.17, 15) is 24.9 Å². The Hall–Kier alpha value is -2.78. The summed E-state index contributed by atoms with van der Waals surface area (Å²) in [7, 11) is 0. The summed E-state index contributed by atoms with van der Waals surface area (Å²) in [5, 5.41) is 30.7. The van der Waals surface area contributed by atoms with Gasteiger partial charge >= 0.3 is 11.9 Å². The van der Waals surface area contributed by atoms with Crippen molar-refractivity contribution in [1.82, 2.24) is 0 Å². The molecule has 0 amide bonds. The summed E-state index contributed by atoms with van der Waals surface area (Å²) in [5.74, 6) is -1.83. The number of rotatable bonds is 8. The first kappa shape index (κ1) is 25.8. The van der Waals surface area contributed by atoms with Gasteiger partial charge in [-0.1, -0.05) is 68.4 Å². The number of hydrogen-bond donors (Lipinski definition) is 3. The van der Waals surface area contributed by atoms with E-state index in [4.69, 9.17) is 14.2 Å². The van der Waals surface area contributed by atoms with Crippen LogP contribution >= 0.6 is 0 Å². The molecule has 0 bridgehead atoms. The lowest BCUT2D eigenvalue weighted by Crippen LogP contribution is -2.61. The van der Waals surface area contributed by atoms with Crippen LogP contribution in [-0.4, -0.2) is 58.0 Å². The molecule has 34 heavy (non-hydrogen) atoms. The molecule has 6 atom stereocenters. The molecule has 8 nitrogen and oxygen atoms in total. The van der Waals surface area contributed by atoms with Crippen LogP contribution in [0.15, 0.2) is 54.6 Å². The molecule has 0 saturated carbocycles. The minimum atomic E-state index is -1.77. The van der Waals surface area contributed by atoms with Gasteiger partial charge in [0.2, 0.25) is 6.29 Å². The quantitative estimate of drug-likeness (QED) is 0.499. The Bertz CT molecular complexity index is 943. The molecular weight excluding hydrogens is 440 g/mol. The third-order valence-corrected chi connectivity index (χ3v) is 5.74. The number of benzene rings is 2. The summed E-state index contributed by atoms with van der Waals surface area (Å²) >= 11 is 0. The second-order valence-electron chi connectivity index (χ2n) is 8.99. The van der Waals surface area contributed by atoms with Crippen LogP contribution in [-0.2, 0) is 36.8 Å². The van der Waals surface area contributed by atoms with Gasteiger partial charge in [0.15, 0.2) is 6.10 Å². The summed E-state index contributed by atoms with van der Waals surface area (Å²) in [6.07, 6.45) is -7.62. The highest BCUT2D eigenvalue weighted by molar-refractivity contribution is 5.78. The number of aliphatic hydroxyl groups excluding tert-OH is 3. The van der Waals surface area contributed by atoms with Gasteiger partial charge < -0.3 is 29.5 Å². The van der Waals surface area contributed by atoms with E-state index in [1.807, 2.05) is 30.3 Å². The van der Waals surface area contributed by atoms with Crippen molar-refractivity contribution in [3.63, 3.8) is 0 Å². The first-order valence-corrected chi connectivity index (χ1v) is 11.4. The average Bonchev–Trinajstić information content (AvgIpc) is 2.83. The standard InChI is InChI=1S/C26H32O8/c1-15(2)13-17-9-11-19(12-10-17)16(3)24(30)34-26-22(29)20(27)21(28)23(33-26)25(31)32-14-18-7-5-4-6-8-18/h4-12,15-16,20-23,26-29H,13-14H2,1-3H3/t16?,20-,21-,22+,23-,26?/m1/s1. The van der Waals surface area contributed by atoms with Crippen LogP contribution in [0.25, 0.3) is 0 Å². The molecule has 2 unspecified atom stereocenters. The van der Waals surface area contributed by atoms with Gasteiger partial charge in [0.25, 0.3) is 0 Å². The second kappa shape index (κ2) is 11.6. The highest BCUT2D eigenvalue weighted by Crippen LogP contribution is 2.26. The van der Waals surface area contributed by atoms with E-state index >= 15 is 0 Å². The van der Waals surface area contributed by atoms with Crippen molar-refractivity contribution in [2.24, 2.45) is 5.92 Å². The number of esters is 2. The number of ether oxygens (including phenoxy) is 3. The summed E-state index contributed by atoms with van der Waals surface area (Å²) in [5.41, 5.74) is 2.58. The van der Waals surface area contributed by atoms with Gasteiger partial charge in [-0.25, -0.2) is 4.79 Å². The number of hydrogen-bond acceptors (Lipinski definition) is 8. The number of carbonyl (C=O) groups is 2. The van der Waals surface area contributed by atoms with E-state index in [-0.39, 0.29) is 6.61 Å². The molecule has 2 aromatic rings. The van der Waals surface area contributed by atoms with Gasteiger partial charge in [-0.2, -0.15) is 0 Å². The van der Waals surface area contributed by atoms with Crippen LogP contribution in [0.2, 0.25) is 0 Å². The van der Waals surface area contributed by atoms with Crippen molar-refractivity contribution in [2.45, 2.75) is 70.4 Å². The van der Waals surface area contributed by atoms with Crippen LogP contribution in [0.3, 0.4) is 0 Å². The van der Waals surface area contributed by atoms with E-state index in [1.54, 1.807) is 31.2 Å². The van der Waals surface area contributed by atoms with E-state index in [0.717, 1.165) is 17.5 Å². The molecule has 1 fully saturated rings. The second-order valence-corrected chi connectivity index (χ2v) is 8.99. The smallest absolute Gasteiger partial charge is 0.338 e. The van der Waals surface area contributed by atoms with Gasteiger partial charge in [0.05, 0.1) is 5.92 Å². The molecular formula is C26H32O8. The fourth-order valence-corrected chi connectivity index (χ4v) is 3.72. The molecule has 0 aliphatic carbocycles. The highest BCUT2D eigenvalue weighted by Gasteiger charge is 2.49. The van der Waals surface area contributed by atoms with Crippen molar-refractivity contribution >= 4 is 11.9 Å². The Labute approximate surface area is 199 Å². The molecule has 0 spiro atoms. The predicted molar refractivity (Wildman–Crippen MR) is 122 cm³/mol. The van der Waals surface area contributed by atoms with Crippen molar-refractivity contribution in [3.05, 3.63) is 71.3 Å². The summed E-state index contributed by atoms with van der Waals surface area (Å²) in [6, 6.07) is 16.5. The fraction of sp³-hybridized carbons (Fsp3) is 0.462. The lowest BCUT2D eigenvalue weighted by atomic mass is 9.96. The van der Waals surface area contributed by atoms with Crippen LogP contribution in [0.4, 0.5) is 0 Å². The largest absolute Gasteiger partial charge is 0.459 e. The molecule has 3 N–H and O–H groups in total. The van der Waals surface area contributed by atoms with Crippen molar-refractivity contribution in [2.75, 3.05) is 0 Å². The molecule has 0 radical (unpaired) electrons. The maximum Gasteiger partial charge on any atom is 0.338 e. The van der Waals surface area contributed by atoms with E-state index in [2.05, 4.69) is 13.8 Å². The van der Waals surface area contributed by atoms with Crippen molar-refractivity contribution in [3.8, 4) is 0 Å². The minimum Gasteiger partial charge on any atom is -0.459 e. The topological polar surface area (TPSA) is 123 Å². The van der Waals surface area contributed by atoms with Gasteiger partial charge in [0.1, 0.15) is 24.9 Å². The zero-order valence-electron chi connectivity index (χ0n) is 19.5. The average molecular weight is 473 g/mol. The van der Waals surface area contributed by atoms with E-state index in [0.29, 0.717) is 11.5 Å². The molecule has 0 aromatic heterocycles. The molecule has 184 valence electrons. The molecule has 1 aliphatic heterocycles. The monoisotopic (exact) mass is 472 g/mol. The third kappa shape index (κ3) is 6.42. The van der Waals surface area contributed by atoms with Crippen LogP contribution < -0.4 is 0 Å². The molecule has 8 heteroatoms. The zero-order valence-corrected chi connectivity index (χ0v) is 19.5. The summed E-state index contributed by atoms with van der Waals surface area (Å²) in [4.78, 5) is 25.2. The van der Waals surface area contributed by atoms with Crippen molar-refractivity contribution in [1.29, 1.82) is 0 Å². The lowest BCUT2D eigenvalue weighted by molar-refractivity contribution is -0.288. The molecule has 1 aliphatic rings. The third-order valence-electron chi connectivity index (χ3n) is 5.74. The number of carbonyl (C=O) groups excluding carboxylic acids is 2. The SMILES string of the molecule is CC(C)Cc1ccc(C(C)C(=O)OC2O[C@@H](C(=O)OCc3ccccc3)[C@H](O)[C@@H](O)[C@@H]2O)cc1. The lowest BCUT2D eigenvalue weighted by Gasteiger charge is -2.38. The Balaban J connectivity index is 1.63. The first-order valence-electron chi connectivity index (χ1n) is 11.4. The molecule has 2 aromatic carbocycles. The molecule has 1 saturated heterocycles. The van der Waals surface area contributed by atoms with Gasteiger partial charge in [0, 0.05) is 0 Å². The van der Waals surface area contributed by atoms with Crippen LogP contribution in [0.5, 0.6) is 0 Å². The van der Waals surface area contributed by atoms with Gasteiger partial charge in [-0.3, -0.25) is 4.79 Å². The van der Waals surface area contributed by atoms with E-state index < -0.39 is 48.6 Å². The first-order chi connectivity index (χ1) is 16.2.